The zero-order valence-electron chi connectivity index (χ0n) is 24.8. The van der Waals surface area contributed by atoms with Crippen molar-refractivity contribution in [3.05, 3.63) is 23.3 Å². The predicted molar refractivity (Wildman–Crippen MR) is 151 cm³/mol. The lowest BCUT2D eigenvalue weighted by atomic mass is 9.34. The van der Waals surface area contributed by atoms with E-state index in [0.29, 0.717) is 6.54 Å². The molecule has 0 aromatic rings. The average Bonchev–Trinajstić information content (AvgIpc) is 2.87. The third kappa shape index (κ3) is 3.37. The summed E-state index contributed by atoms with van der Waals surface area (Å²) in [6.45, 7) is 15.5. The minimum absolute atomic E-state index is 0.0239. The number of nitriles is 1. The van der Waals surface area contributed by atoms with Crippen LogP contribution in [0.5, 0.6) is 0 Å². The summed E-state index contributed by atoms with van der Waals surface area (Å²) >= 11 is 0. The zero-order chi connectivity index (χ0) is 28.8. The van der Waals surface area contributed by atoms with Crippen LogP contribution < -0.4 is 5.32 Å². The fourth-order valence-corrected chi connectivity index (χ4v) is 10.3. The summed E-state index contributed by atoms with van der Waals surface area (Å²) in [6, 6.07) is 2.11. The van der Waals surface area contributed by atoms with Gasteiger partial charge in [-0.05, 0) is 93.0 Å². The second-order valence-corrected chi connectivity index (χ2v) is 15.0. The number of nitrogens with one attached hydrogen (secondary N) is 2. The number of rotatable bonds is 3. The van der Waals surface area contributed by atoms with Crippen LogP contribution >= 0.6 is 0 Å². The second kappa shape index (κ2) is 8.48. The maximum absolute atomic E-state index is 14.5. The number of nitrogens with zero attached hydrogens (tertiary/aromatic N) is 1. The van der Waals surface area contributed by atoms with E-state index in [1.54, 1.807) is 6.92 Å². The lowest BCUT2D eigenvalue weighted by molar-refractivity contribution is -0.177. The van der Waals surface area contributed by atoms with Crippen molar-refractivity contribution in [1.29, 1.82) is 10.7 Å². The largest absolute Gasteiger partial charge is 0.356 e. The number of carbonyl (C=O) groups excluding carboxylic acids is 3. The second-order valence-electron chi connectivity index (χ2n) is 15.0. The highest BCUT2D eigenvalue weighted by molar-refractivity contribution is 6.12. The molecule has 6 heteroatoms. The Bertz CT molecular complexity index is 1270. The van der Waals surface area contributed by atoms with Gasteiger partial charge in [0.2, 0.25) is 5.91 Å². The van der Waals surface area contributed by atoms with Gasteiger partial charge in [-0.3, -0.25) is 14.4 Å². The van der Waals surface area contributed by atoms with Crippen LogP contribution in [0, 0.1) is 67.0 Å². The number of hydrogen-bond acceptors (Lipinski definition) is 5. The maximum Gasteiger partial charge on any atom is 0.226 e. The van der Waals surface area contributed by atoms with Crippen molar-refractivity contribution in [3.8, 4) is 6.07 Å². The number of amides is 1. The van der Waals surface area contributed by atoms with Crippen molar-refractivity contribution in [2.45, 2.75) is 93.4 Å². The summed E-state index contributed by atoms with van der Waals surface area (Å²) in [4.78, 5) is 41.5. The number of allylic oxidation sites excluding steroid dienone is 4. The smallest absolute Gasteiger partial charge is 0.226 e. The third-order valence-electron chi connectivity index (χ3n) is 12.7. The topological polar surface area (TPSA) is 111 Å². The highest BCUT2D eigenvalue weighted by atomic mass is 16.2. The summed E-state index contributed by atoms with van der Waals surface area (Å²) in [5.74, 6) is -0.531. The Kier molecular flexibility index (Phi) is 6.09. The molecule has 0 aromatic carbocycles. The highest BCUT2D eigenvalue weighted by Gasteiger charge is 2.71. The molecule has 0 heterocycles. The Balaban J connectivity index is 1.70. The van der Waals surface area contributed by atoms with Gasteiger partial charge in [-0.25, -0.2) is 0 Å². The van der Waals surface area contributed by atoms with Gasteiger partial charge in [-0.2, -0.15) is 5.26 Å². The summed E-state index contributed by atoms with van der Waals surface area (Å²) in [5.41, 5.74) is -1.77. The summed E-state index contributed by atoms with van der Waals surface area (Å²) in [6.07, 6.45) is 10.7. The summed E-state index contributed by atoms with van der Waals surface area (Å²) in [5, 5.41) is 21.3. The molecule has 3 fully saturated rings. The van der Waals surface area contributed by atoms with Gasteiger partial charge in [-0.15, -0.1) is 0 Å². The Labute approximate surface area is 233 Å². The van der Waals surface area contributed by atoms with Gasteiger partial charge in [0.1, 0.15) is 6.07 Å². The van der Waals surface area contributed by atoms with Crippen molar-refractivity contribution in [1.82, 2.24) is 5.32 Å². The molecule has 3 saturated carbocycles. The molecule has 0 spiro atoms. The molecule has 0 bridgehead atoms. The zero-order valence-corrected chi connectivity index (χ0v) is 24.8. The molecule has 210 valence electrons. The van der Waals surface area contributed by atoms with E-state index in [1.807, 2.05) is 19.1 Å². The summed E-state index contributed by atoms with van der Waals surface area (Å²) in [7, 11) is 0. The van der Waals surface area contributed by atoms with Crippen molar-refractivity contribution in [2.75, 3.05) is 6.54 Å². The van der Waals surface area contributed by atoms with Gasteiger partial charge in [0.05, 0.1) is 16.4 Å². The molecule has 0 radical (unpaired) electrons. The first kappa shape index (κ1) is 28.0. The molecule has 5 aliphatic rings. The standard InChI is InChI=1S/C33H45N3O3/c1-8-36-27(39)33-13-11-28(2,3)17-21(33)25-22(37)15-24-29(4)16-20(18-34)26(38)30(5,19-35)23(29)9-10-31(24,6)32(25,7)12-14-33/h15-16,19,21,23,25,35H,8-14,17H2,1-7H3,(H,36,39)/t21?,23?,25?,29-,30-,31+,32+,33-/m0/s1. The molecule has 5 aliphatic carbocycles. The van der Waals surface area contributed by atoms with Gasteiger partial charge < -0.3 is 10.7 Å². The Hall–Kier alpha value is -2.55. The fraction of sp³-hybridized carbons (Fsp3) is 0.727. The van der Waals surface area contributed by atoms with Gasteiger partial charge in [0.25, 0.3) is 0 Å². The third-order valence-corrected chi connectivity index (χ3v) is 12.7. The molecule has 1 amide bonds. The molecule has 0 aliphatic heterocycles. The van der Waals surface area contributed by atoms with Gasteiger partial charge in [-0.1, -0.05) is 46.3 Å². The van der Waals surface area contributed by atoms with E-state index in [1.165, 1.54) is 6.21 Å². The van der Waals surface area contributed by atoms with Crippen LogP contribution in [0.1, 0.15) is 93.4 Å². The molecule has 2 N–H and O–H groups in total. The average molecular weight is 532 g/mol. The van der Waals surface area contributed by atoms with Crippen LogP contribution in [0.3, 0.4) is 0 Å². The lowest BCUT2D eigenvalue weighted by Crippen LogP contribution is -2.66. The van der Waals surface area contributed by atoms with E-state index in [4.69, 9.17) is 5.41 Å². The van der Waals surface area contributed by atoms with Crippen molar-refractivity contribution < 1.29 is 14.4 Å². The van der Waals surface area contributed by atoms with Crippen LogP contribution in [0.25, 0.3) is 0 Å². The molecule has 0 saturated heterocycles. The van der Waals surface area contributed by atoms with E-state index in [9.17, 15) is 19.6 Å². The van der Waals surface area contributed by atoms with Crippen LogP contribution in [0.2, 0.25) is 0 Å². The monoisotopic (exact) mass is 531 g/mol. The van der Waals surface area contributed by atoms with Crippen molar-refractivity contribution in [2.24, 2.45) is 50.2 Å². The highest BCUT2D eigenvalue weighted by Crippen LogP contribution is 2.74. The Morgan fingerprint density at radius 2 is 1.77 bits per heavy atom. The Morgan fingerprint density at radius 1 is 1.10 bits per heavy atom. The predicted octanol–water partition coefficient (Wildman–Crippen LogP) is 5.97. The molecule has 39 heavy (non-hydrogen) atoms. The van der Waals surface area contributed by atoms with Gasteiger partial charge in [0.15, 0.2) is 11.6 Å². The van der Waals surface area contributed by atoms with E-state index < -0.39 is 16.2 Å². The first-order chi connectivity index (χ1) is 18.1. The maximum atomic E-state index is 14.5. The first-order valence-electron chi connectivity index (χ1n) is 14.8. The molecule has 6 nitrogen and oxygen atoms in total. The van der Waals surface area contributed by atoms with Crippen LogP contribution in [0.15, 0.2) is 23.3 Å². The van der Waals surface area contributed by atoms with E-state index in [2.05, 4.69) is 46.0 Å². The van der Waals surface area contributed by atoms with Crippen LogP contribution in [0.4, 0.5) is 0 Å². The van der Waals surface area contributed by atoms with Gasteiger partial charge in [0, 0.05) is 24.1 Å². The van der Waals surface area contributed by atoms with Crippen molar-refractivity contribution in [3.63, 3.8) is 0 Å². The lowest BCUT2D eigenvalue weighted by Gasteiger charge is -2.68. The van der Waals surface area contributed by atoms with Crippen LogP contribution in [-0.4, -0.2) is 30.2 Å². The quantitative estimate of drug-likeness (QED) is 0.437. The first-order valence-corrected chi connectivity index (χ1v) is 14.8. The SMILES string of the molecule is CCNC(=O)[C@]12CCC(C)(C)CC1C1C(=O)C=C3[C@@]4(C)C=C(C#N)C(=O)[C@@](C)(C=N)C4CC[C@@]3(C)[C@]1(C)CC2. The Morgan fingerprint density at radius 3 is 2.38 bits per heavy atom. The fourth-order valence-electron chi connectivity index (χ4n) is 10.3. The van der Waals surface area contributed by atoms with E-state index in [-0.39, 0.29) is 57.0 Å². The number of hydrogen-bond donors (Lipinski definition) is 2. The number of fused-ring (bicyclic) bond motifs is 7. The number of ketones is 2. The molecule has 5 rings (SSSR count). The molecule has 3 unspecified atom stereocenters. The van der Waals surface area contributed by atoms with E-state index in [0.717, 1.165) is 50.5 Å². The normalized spacial score (nSPS) is 46.3. The van der Waals surface area contributed by atoms with Crippen molar-refractivity contribution >= 4 is 23.7 Å². The van der Waals surface area contributed by atoms with Gasteiger partial charge >= 0.3 is 0 Å². The number of carbonyl (C=O) groups is 3. The molecular formula is C33H45N3O3. The molecular weight excluding hydrogens is 486 g/mol. The molecule has 8 atom stereocenters. The van der Waals surface area contributed by atoms with E-state index >= 15 is 0 Å². The summed E-state index contributed by atoms with van der Waals surface area (Å²) < 4.78 is 0. The van der Waals surface area contributed by atoms with Crippen LogP contribution in [-0.2, 0) is 14.4 Å². The minimum Gasteiger partial charge on any atom is -0.356 e. The molecule has 0 aromatic heterocycles. The number of Topliss-reactive ketones (excluding diaryl/α,β-unsaturated/α-hetero) is 1. The minimum atomic E-state index is -1.08.